The third-order valence-electron chi connectivity index (χ3n) is 5.69. The van der Waals surface area contributed by atoms with Gasteiger partial charge in [0, 0.05) is 35.7 Å². The van der Waals surface area contributed by atoms with Gasteiger partial charge in [-0.15, -0.1) is 0 Å². The summed E-state index contributed by atoms with van der Waals surface area (Å²) in [6, 6.07) is 24.2. The highest BCUT2D eigenvalue weighted by molar-refractivity contribution is 9.10. The molecule has 0 bridgehead atoms. The molecule has 0 saturated carbocycles. The molecule has 33 heavy (non-hydrogen) atoms. The van der Waals surface area contributed by atoms with Gasteiger partial charge in [0.2, 0.25) is 5.62 Å². The molecule has 1 amide bonds. The van der Waals surface area contributed by atoms with Crippen LogP contribution in [0.1, 0.15) is 27.1 Å². The van der Waals surface area contributed by atoms with Crippen LogP contribution in [0.2, 0.25) is 0 Å². The molecule has 168 valence electrons. The number of fused-ring (bicyclic) bond motifs is 1. The lowest BCUT2D eigenvalue weighted by Crippen LogP contribution is -2.30. The minimum Gasteiger partial charge on any atom is -0.342 e. The lowest BCUT2D eigenvalue weighted by Gasteiger charge is -2.17. The molecule has 0 spiro atoms. The highest BCUT2D eigenvalue weighted by Crippen LogP contribution is 2.16. The van der Waals surface area contributed by atoms with Crippen LogP contribution in [0, 0.1) is 5.41 Å². The van der Waals surface area contributed by atoms with E-state index in [1.165, 1.54) is 0 Å². The molecule has 0 radical (unpaired) electrons. The van der Waals surface area contributed by atoms with E-state index in [2.05, 4.69) is 15.9 Å². The van der Waals surface area contributed by atoms with E-state index < -0.39 is 0 Å². The number of amides is 1. The van der Waals surface area contributed by atoms with Crippen molar-refractivity contribution in [1.82, 2.24) is 14.0 Å². The maximum absolute atomic E-state index is 12.9. The summed E-state index contributed by atoms with van der Waals surface area (Å²) >= 11 is 3.39. The van der Waals surface area contributed by atoms with Gasteiger partial charge in [-0.25, -0.2) is 0 Å². The summed E-state index contributed by atoms with van der Waals surface area (Å²) in [7, 11) is 1.79. The number of aromatic nitrogens is 2. The van der Waals surface area contributed by atoms with Gasteiger partial charge in [0.1, 0.15) is 0 Å². The first-order valence-electron chi connectivity index (χ1n) is 10.8. The molecule has 0 aliphatic carbocycles. The van der Waals surface area contributed by atoms with Gasteiger partial charge < -0.3 is 14.0 Å². The Balaban J connectivity index is 1.51. The molecule has 1 heterocycles. The number of halogens is 1. The van der Waals surface area contributed by atoms with E-state index in [9.17, 15) is 9.59 Å². The number of hydrogen-bond acceptors (Lipinski definition) is 3. The highest BCUT2D eigenvalue weighted by atomic mass is 79.9. The number of hydrogen-bond donors (Lipinski definition) is 1. The van der Waals surface area contributed by atoms with Crippen molar-refractivity contribution in [2.75, 3.05) is 13.6 Å². The van der Waals surface area contributed by atoms with Crippen molar-refractivity contribution in [1.29, 1.82) is 5.41 Å². The Hall–Kier alpha value is -3.45. The maximum atomic E-state index is 12.9. The van der Waals surface area contributed by atoms with Crippen molar-refractivity contribution in [3.8, 4) is 0 Å². The molecular weight excluding hydrogens is 480 g/mol. The van der Waals surface area contributed by atoms with Gasteiger partial charge in [-0.1, -0.05) is 58.4 Å². The molecule has 4 rings (SSSR count). The average molecular weight is 505 g/mol. The fourth-order valence-corrected chi connectivity index (χ4v) is 4.18. The fraction of sp³-hybridized carbons (Fsp3) is 0.192. The number of carbonyl (C=O) groups excluding carboxylic acids is 2. The van der Waals surface area contributed by atoms with E-state index in [4.69, 9.17) is 5.41 Å². The van der Waals surface area contributed by atoms with Crippen molar-refractivity contribution < 1.29 is 9.59 Å². The van der Waals surface area contributed by atoms with Gasteiger partial charge in [-0.2, -0.15) is 0 Å². The standard InChI is InChI=1S/C26H25BrN4O2/c1-29(25(33)20-8-3-2-4-9-20)16-7-17-30-22-10-5-6-11-23(22)31(26(30)28)18-24(32)19-12-14-21(27)15-13-19/h2-6,8-15,28H,7,16-18H2,1H3. The van der Waals surface area contributed by atoms with Crippen molar-refractivity contribution in [2.45, 2.75) is 19.5 Å². The number of nitrogens with one attached hydrogen (secondary N) is 1. The average Bonchev–Trinajstić information content (AvgIpc) is 3.10. The molecule has 7 heteroatoms. The monoisotopic (exact) mass is 504 g/mol. The molecule has 0 unspecified atom stereocenters. The molecule has 0 fully saturated rings. The predicted octanol–water partition coefficient (Wildman–Crippen LogP) is 4.73. The van der Waals surface area contributed by atoms with Crippen molar-refractivity contribution >= 4 is 38.7 Å². The van der Waals surface area contributed by atoms with Gasteiger partial charge in [0.05, 0.1) is 17.6 Å². The second kappa shape index (κ2) is 10.0. The number of carbonyl (C=O) groups is 2. The van der Waals surface area contributed by atoms with Gasteiger partial charge >= 0.3 is 0 Å². The maximum Gasteiger partial charge on any atom is 0.253 e. The van der Waals surface area contributed by atoms with Gasteiger partial charge in [-0.05, 0) is 42.8 Å². The Morgan fingerprint density at radius 3 is 2.12 bits per heavy atom. The van der Waals surface area contributed by atoms with E-state index >= 15 is 0 Å². The van der Waals surface area contributed by atoms with Crippen LogP contribution >= 0.6 is 15.9 Å². The minimum atomic E-state index is -0.0444. The summed E-state index contributed by atoms with van der Waals surface area (Å²) in [6.45, 7) is 1.24. The van der Waals surface area contributed by atoms with Crippen LogP contribution in [0.25, 0.3) is 11.0 Å². The summed E-state index contributed by atoms with van der Waals surface area (Å²) in [6.07, 6.45) is 0.695. The number of rotatable bonds is 8. The topological polar surface area (TPSA) is 71.1 Å². The quantitative estimate of drug-likeness (QED) is 0.352. The number of Topliss-reactive ketones (excluding diaryl/α,β-unsaturated/α-hetero) is 1. The largest absolute Gasteiger partial charge is 0.342 e. The summed E-state index contributed by atoms with van der Waals surface area (Å²) in [5.74, 6) is -0.0636. The number of ketones is 1. The Morgan fingerprint density at radius 1 is 0.848 bits per heavy atom. The molecule has 1 N–H and O–H groups in total. The number of nitrogens with zero attached hydrogens (tertiary/aromatic N) is 3. The zero-order valence-electron chi connectivity index (χ0n) is 18.4. The third-order valence-corrected chi connectivity index (χ3v) is 6.21. The first-order valence-corrected chi connectivity index (χ1v) is 11.6. The van der Waals surface area contributed by atoms with Crippen LogP contribution in [0.5, 0.6) is 0 Å². The smallest absolute Gasteiger partial charge is 0.253 e. The Labute approximate surface area is 200 Å². The molecular formula is C26H25BrN4O2. The Bertz CT molecular complexity index is 1340. The summed E-state index contributed by atoms with van der Waals surface area (Å²) < 4.78 is 4.57. The molecule has 0 saturated heterocycles. The molecule has 6 nitrogen and oxygen atoms in total. The van der Waals surface area contributed by atoms with Crippen LogP contribution in [0.3, 0.4) is 0 Å². The molecule has 0 atom stereocenters. The summed E-state index contributed by atoms with van der Waals surface area (Å²) in [4.78, 5) is 27.2. The zero-order valence-corrected chi connectivity index (χ0v) is 20.0. The van der Waals surface area contributed by atoms with Gasteiger partial charge in [0.25, 0.3) is 5.91 Å². The second-order valence-electron chi connectivity index (χ2n) is 7.93. The van der Waals surface area contributed by atoms with Crippen LogP contribution in [-0.2, 0) is 13.1 Å². The third kappa shape index (κ3) is 4.98. The predicted molar refractivity (Wildman–Crippen MR) is 132 cm³/mol. The van der Waals surface area contributed by atoms with E-state index in [0.29, 0.717) is 30.6 Å². The molecule has 3 aromatic carbocycles. The first-order chi connectivity index (χ1) is 16.0. The second-order valence-corrected chi connectivity index (χ2v) is 8.84. The van der Waals surface area contributed by atoms with E-state index in [-0.39, 0.29) is 23.9 Å². The van der Waals surface area contributed by atoms with Crippen molar-refractivity contribution in [3.63, 3.8) is 0 Å². The number of para-hydroxylation sites is 2. The zero-order chi connectivity index (χ0) is 23.4. The number of benzene rings is 3. The van der Waals surface area contributed by atoms with Crippen LogP contribution in [0.15, 0.2) is 83.3 Å². The fourth-order valence-electron chi connectivity index (χ4n) is 3.92. The van der Waals surface area contributed by atoms with Crippen molar-refractivity contribution in [2.24, 2.45) is 0 Å². The summed E-state index contributed by atoms with van der Waals surface area (Å²) in [5, 5.41) is 8.76. The normalized spacial score (nSPS) is 11.0. The van der Waals surface area contributed by atoms with E-state index in [1.807, 2.05) is 71.3 Å². The molecule has 0 aliphatic rings. The van der Waals surface area contributed by atoms with Crippen molar-refractivity contribution in [3.05, 3.63) is 100 Å². The van der Waals surface area contributed by atoms with Crippen LogP contribution in [0.4, 0.5) is 0 Å². The highest BCUT2D eigenvalue weighted by Gasteiger charge is 2.15. The lowest BCUT2D eigenvalue weighted by atomic mass is 10.1. The van der Waals surface area contributed by atoms with Crippen LogP contribution in [-0.4, -0.2) is 39.3 Å². The molecule has 1 aromatic heterocycles. The summed E-state index contributed by atoms with van der Waals surface area (Å²) in [5.41, 5.74) is 3.31. The van der Waals surface area contributed by atoms with E-state index in [0.717, 1.165) is 15.5 Å². The SMILES string of the molecule is CN(CCCn1c(=N)n(CC(=O)c2ccc(Br)cc2)c2ccccc21)C(=O)c1ccccc1. The number of aryl methyl sites for hydroxylation is 1. The van der Waals surface area contributed by atoms with Gasteiger partial charge in [0.15, 0.2) is 5.78 Å². The molecule has 4 aromatic rings. The van der Waals surface area contributed by atoms with Gasteiger partial charge in [-0.3, -0.25) is 15.0 Å². The Kier molecular flexibility index (Phi) is 6.89. The lowest BCUT2D eigenvalue weighted by molar-refractivity contribution is 0.0791. The first kappa shape index (κ1) is 22.7. The van der Waals surface area contributed by atoms with E-state index in [1.54, 1.807) is 28.6 Å². The minimum absolute atomic E-state index is 0.0192. The number of imidazole rings is 1. The van der Waals surface area contributed by atoms with Crippen LogP contribution < -0.4 is 5.62 Å². The molecule has 0 aliphatic heterocycles. The Morgan fingerprint density at radius 2 is 1.45 bits per heavy atom.